The van der Waals surface area contributed by atoms with Crippen molar-refractivity contribution in [2.24, 2.45) is 5.41 Å². The lowest BCUT2D eigenvalue weighted by Crippen LogP contribution is -2.38. The largest absolute Gasteiger partial charge is 0.481 e. The topological polar surface area (TPSA) is 157 Å². The van der Waals surface area contributed by atoms with E-state index in [9.17, 15) is 23.1 Å². The SMILES string of the molecule is CNC(=O)c1c(-c2ccc(C)cc2)oc2nc(CS(=O)(=O)NCCOCCC3(C(=O)O)CCOCC3)c(C3CC3)cc12. The van der Waals surface area contributed by atoms with E-state index in [-0.39, 0.29) is 43.0 Å². The number of nitrogens with zero attached hydrogens (tertiary/aromatic N) is 1. The van der Waals surface area contributed by atoms with Gasteiger partial charge in [0.15, 0.2) is 0 Å². The Hall–Kier alpha value is -3.32. The number of aryl methyl sites for hydroxylation is 1. The molecule has 0 radical (unpaired) electrons. The monoisotopic (exact) mass is 599 g/mol. The molecule has 2 fully saturated rings. The molecule has 1 amide bonds. The van der Waals surface area contributed by atoms with Crippen LogP contribution in [0, 0.1) is 12.3 Å². The minimum atomic E-state index is -3.77. The van der Waals surface area contributed by atoms with E-state index in [1.165, 1.54) is 0 Å². The van der Waals surface area contributed by atoms with Gasteiger partial charge in [-0.25, -0.2) is 18.1 Å². The van der Waals surface area contributed by atoms with Gasteiger partial charge in [-0.05, 0) is 56.6 Å². The molecule has 226 valence electrons. The van der Waals surface area contributed by atoms with Crippen molar-refractivity contribution in [1.82, 2.24) is 15.0 Å². The van der Waals surface area contributed by atoms with Gasteiger partial charge in [-0.2, -0.15) is 0 Å². The van der Waals surface area contributed by atoms with Gasteiger partial charge in [0.1, 0.15) is 11.5 Å². The molecule has 1 aromatic carbocycles. The van der Waals surface area contributed by atoms with Gasteiger partial charge in [0, 0.05) is 39.0 Å². The average molecular weight is 600 g/mol. The third-order valence-corrected chi connectivity index (χ3v) is 9.40. The van der Waals surface area contributed by atoms with Crippen LogP contribution < -0.4 is 10.0 Å². The van der Waals surface area contributed by atoms with Crippen molar-refractivity contribution in [3.8, 4) is 11.3 Å². The van der Waals surface area contributed by atoms with Crippen molar-refractivity contribution in [2.75, 3.05) is 40.0 Å². The molecule has 2 aliphatic rings. The van der Waals surface area contributed by atoms with Gasteiger partial charge in [0.2, 0.25) is 15.7 Å². The summed E-state index contributed by atoms with van der Waals surface area (Å²) in [6.07, 6.45) is 3.06. The molecule has 0 unspecified atom stereocenters. The Bertz CT molecular complexity index is 1560. The number of amides is 1. The molecule has 12 heteroatoms. The maximum Gasteiger partial charge on any atom is 0.309 e. The Balaban J connectivity index is 1.29. The van der Waals surface area contributed by atoms with Crippen LogP contribution in [0.25, 0.3) is 22.4 Å². The average Bonchev–Trinajstić information content (AvgIpc) is 3.75. The number of hydrogen-bond acceptors (Lipinski definition) is 8. The van der Waals surface area contributed by atoms with Gasteiger partial charge in [-0.1, -0.05) is 29.8 Å². The zero-order valence-electron chi connectivity index (χ0n) is 23.9. The minimum Gasteiger partial charge on any atom is -0.481 e. The summed E-state index contributed by atoms with van der Waals surface area (Å²) in [5.74, 6) is -0.930. The number of ether oxygens (including phenoxy) is 2. The maximum atomic E-state index is 13.0. The second-order valence-electron chi connectivity index (χ2n) is 11.1. The summed E-state index contributed by atoms with van der Waals surface area (Å²) in [6.45, 7) is 3.17. The molecule has 1 saturated heterocycles. The molecule has 1 aliphatic heterocycles. The summed E-state index contributed by atoms with van der Waals surface area (Å²) < 4.78 is 45.6. The fraction of sp³-hybridized carbons (Fsp3) is 0.500. The van der Waals surface area contributed by atoms with Gasteiger partial charge in [-0.3, -0.25) is 9.59 Å². The number of aromatic nitrogens is 1. The summed E-state index contributed by atoms with van der Waals surface area (Å²) in [4.78, 5) is 29.4. The Kier molecular flexibility index (Phi) is 8.97. The Morgan fingerprint density at radius 2 is 1.86 bits per heavy atom. The highest BCUT2D eigenvalue weighted by Gasteiger charge is 2.39. The number of sulfonamides is 1. The number of carbonyl (C=O) groups excluding carboxylic acids is 1. The zero-order chi connectivity index (χ0) is 29.9. The van der Waals surface area contributed by atoms with Crippen LogP contribution in [0.2, 0.25) is 0 Å². The minimum absolute atomic E-state index is 0.0473. The number of pyridine rings is 1. The van der Waals surface area contributed by atoms with Crippen molar-refractivity contribution in [3.63, 3.8) is 0 Å². The summed E-state index contributed by atoms with van der Waals surface area (Å²) in [7, 11) is -2.21. The fourth-order valence-electron chi connectivity index (χ4n) is 5.40. The third kappa shape index (κ3) is 6.67. The van der Waals surface area contributed by atoms with E-state index in [0.717, 1.165) is 29.5 Å². The molecule has 1 saturated carbocycles. The van der Waals surface area contributed by atoms with Gasteiger partial charge >= 0.3 is 5.97 Å². The number of carboxylic acid groups (broad SMARTS) is 1. The highest BCUT2D eigenvalue weighted by atomic mass is 32.2. The van der Waals surface area contributed by atoms with Crippen LogP contribution in [-0.2, 0) is 30.0 Å². The van der Waals surface area contributed by atoms with Crippen molar-refractivity contribution >= 4 is 33.0 Å². The first-order valence-electron chi connectivity index (χ1n) is 14.2. The van der Waals surface area contributed by atoms with Crippen molar-refractivity contribution in [2.45, 2.75) is 50.7 Å². The number of furan rings is 1. The fourth-order valence-corrected chi connectivity index (χ4v) is 6.49. The molecule has 0 atom stereocenters. The summed E-state index contributed by atoms with van der Waals surface area (Å²) in [6, 6.07) is 9.48. The van der Waals surface area contributed by atoms with Crippen LogP contribution in [0.5, 0.6) is 0 Å². The zero-order valence-corrected chi connectivity index (χ0v) is 24.7. The Morgan fingerprint density at radius 1 is 1.14 bits per heavy atom. The second kappa shape index (κ2) is 12.5. The van der Waals surface area contributed by atoms with E-state index in [1.807, 2.05) is 37.3 Å². The summed E-state index contributed by atoms with van der Waals surface area (Å²) in [5.41, 5.74) is 2.73. The van der Waals surface area contributed by atoms with Crippen LogP contribution in [0.4, 0.5) is 0 Å². The van der Waals surface area contributed by atoms with Crippen molar-refractivity contribution in [1.29, 1.82) is 0 Å². The molecule has 1 aliphatic carbocycles. The number of benzene rings is 1. The predicted molar refractivity (Wildman–Crippen MR) is 156 cm³/mol. The van der Waals surface area contributed by atoms with Crippen LogP contribution in [0.3, 0.4) is 0 Å². The molecular formula is C30H37N3O8S. The lowest BCUT2D eigenvalue weighted by molar-refractivity contribution is -0.156. The first-order chi connectivity index (χ1) is 20.1. The highest BCUT2D eigenvalue weighted by Crippen LogP contribution is 2.44. The van der Waals surface area contributed by atoms with Crippen LogP contribution in [0.15, 0.2) is 34.7 Å². The molecule has 42 heavy (non-hydrogen) atoms. The number of carboxylic acids is 1. The second-order valence-corrected chi connectivity index (χ2v) is 12.9. The van der Waals surface area contributed by atoms with Gasteiger partial charge in [-0.15, -0.1) is 0 Å². The smallest absolute Gasteiger partial charge is 0.309 e. The van der Waals surface area contributed by atoms with Gasteiger partial charge in [0.25, 0.3) is 5.91 Å². The Labute approximate surface area is 245 Å². The van der Waals surface area contributed by atoms with E-state index < -0.39 is 21.4 Å². The van der Waals surface area contributed by atoms with E-state index in [4.69, 9.17) is 13.9 Å². The quantitative estimate of drug-likeness (QED) is 0.249. The lowest BCUT2D eigenvalue weighted by atomic mass is 9.77. The number of nitrogens with one attached hydrogen (secondary N) is 2. The van der Waals surface area contributed by atoms with Gasteiger partial charge < -0.3 is 24.3 Å². The molecule has 3 N–H and O–H groups in total. The lowest BCUT2D eigenvalue weighted by Gasteiger charge is -2.32. The van der Waals surface area contributed by atoms with Crippen molar-refractivity contribution < 1.29 is 37.0 Å². The molecule has 11 nitrogen and oxygen atoms in total. The number of hydrogen-bond donors (Lipinski definition) is 3. The standard InChI is InChI=1S/C30H37N3O8S/c1-19-3-5-21(6-4-19)26-25(27(34)31-2)23-17-22(20-7-8-20)24(33-28(23)41-26)18-42(37,38)32-12-16-40-15-11-30(29(35)36)9-13-39-14-10-30/h3-6,17,20,32H,7-16,18H2,1-2H3,(H,31,34)(H,35,36). The van der Waals surface area contributed by atoms with Crippen LogP contribution >= 0.6 is 0 Å². The van der Waals surface area contributed by atoms with Gasteiger partial charge in [0.05, 0.1) is 28.7 Å². The number of fused-ring (bicyclic) bond motifs is 1. The first-order valence-corrected chi connectivity index (χ1v) is 15.9. The normalized spacial score (nSPS) is 16.9. The van der Waals surface area contributed by atoms with E-state index in [2.05, 4.69) is 15.0 Å². The Morgan fingerprint density at radius 3 is 2.50 bits per heavy atom. The molecule has 0 bridgehead atoms. The summed E-state index contributed by atoms with van der Waals surface area (Å²) >= 11 is 0. The molecular weight excluding hydrogens is 562 g/mol. The van der Waals surface area contributed by atoms with E-state index >= 15 is 0 Å². The molecule has 3 heterocycles. The first kappa shape index (κ1) is 30.1. The number of carbonyl (C=O) groups is 2. The number of rotatable bonds is 13. The van der Waals surface area contributed by atoms with Crippen LogP contribution in [0.1, 0.15) is 65.2 Å². The third-order valence-electron chi connectivity index (χ3n) is 8.10. The number of aliphatic carboxylic acids is 1. The van der Waals surface area contributed by atoms with Crippen molar-refractivity contribution in [3.05, 3.63) is 52.7 Å². The molecule has 3 aromatic rings. The van der Waals surface area contributed by atoms with Crippen LogP contribution in [-0.4, -0.2) is 70.4 Å². The van der Waals surface area contributed by atoms with E-state index in [0.29, 0.717) is 54.9 Å². The molecule has 2 aromatic heterocycles. The maximum absolute atomic E-state index is 13.0. The highest BCUT2D eigenvalue weighted by molar-refractivity contribution is 7.88. The van der Waals surface area contributed by atoms with E-state index in [1.54, 1.807) is 7.05 Å². The molecule has 0 spiro atoms. The summed E-state index contributed by atoms with van der Waals surface area (Å²) in [5, 5.41) is 12.9. The molecule has 5 rings (SSSR count). The predicted octanol–water partition coefficient (Wildman–Crippen LogP) is 3.75.